The molecule has 1 aliphatic rings. The van der Waals surface area contributed by atoms with Gasteiger partial charge in [0, 0.05) is 0 Å². The van der Waals surface area contributed by atoms with Gasteiger partial charge in [0.1, 0.15) is 0 Å². The molecule has 0 unspecified atom stereocenters. The summed E-state index contributed by atoms with van der Waals surface area (Å²) < 4.78 is 8.73. The molecule has 86 valence electrons. The number of hydrogen-bond donors (Lipinski definition) is 2. The molecule has 0 atom stereocenters. The van der Waals surface area contributed by atoms with Gasteiger partial charge in [-0.15, -0.1) is 0 Å². The van der Waals surface area contributed by atoms with Gasteiger partial charge in [0.25, 0.3) is 0 Å². The minimum absolute atomic E-state index is 0.00656. The molecule has 5 heteroatoms. The number of aliphatic hydroxyl groups is 1. The summed E-state index contributed by atoms with van der Waals surface area (Å²) in [5.41, 5.74) is 2.84. The quantitative estimate of drug-likeness (QED) is 0.847. The summed E-state index contributed by atoms with van der Waals surface area (Å²) in [6.45, 7) is 4.94. The van der Waals surface area contributed by atoms with Crippen LogP contribution < -0.4 is 5.32 Å². The Labute approximate surface area is 101 Å². The zero-order chi connectivity index (χ0) is 11.6. The van der Waals surface area contributed by atoms with Crippen LogP contribution in [0.2, 0.25) is 0 Å². The van der Waals surface area contributed by atoms with E-state index in [9.17, 15) is 5.11 Å². The van der Waals surface area contributed by atoms with Crippen molar-refractivity contribution in [3.63, 3.8) is 0 Å². The molecule has 2 rings (SSSR count). The first kappa shape index (κ1) is 11.6. The maximum absolute atomic E-state index is 9.19. The summed E-state index contributed by atoms with van der Waals surface area (Å²) in [5.74, 6) is 0. The number of nitrogens with one attached hydrogen (secondary N) is 1. The average molecular weight is 284 g/mol. The van der Waals surface area contributed by atoms with Crippen molar-refractivity contribution in [2.45, 2.75) is 13.8 Å². The van der Waals surface area contributed by atoms with Gasteiger partial charge in [-0.05, 0) is 0 Å². The van der Waals surface area contributed by atoms with Crippen LogP contribution in [0.5, 0.6) is 0 Å². The first-order valence-corrected chi connectivity index (χ1v) is 6.72. The summed E-state index contributed by atoms with van der Waals surface area (Å²) in [5, 5.41) is 12.5. The van der Waals surface area contributed by atoms with Gasteiger partial charge in [0.2, 0.25) is 0 Å². The molecule has 0 saturated carbocycles. The molecule has 0 amide bonds. The Morgan fingerprint density at radius 2 is 2.19 bits per heavy atom. The van der Waals surface area contributed by atoms with Crippen LogP contribution in [-0.2, 0) is 0 Å². The normalized spacial score (nSPS) is 13.4. The Bertz CT molecular complexity index is 464. The zero-order valence-electron chi connectivity index (χ0n) is 9.40. The van der Waals surface area contributed by atoms with E-state index in [1.165, 1.54) is 0 Å². The fourth-order valence-electron chi connectivity index (χ4n) is 1.34. The molecule has 1 heterocycles. The van der Waals surface area contributed by atoms with Crippen molar-refractivity contribution >= 4 is 31.6 Å². The molecule has 0 aliphatic carbocycles. The molecule has 0 bridgehead atoms. The van der Waals surface area contributed by atoms with Crippen molar-refractivity contribution in [2.24, 2.45) is 13.3 Å². The van der Waals surface area contributed by atoms with Gasteiger partial charge >= 0.3 is 101 Å². The molecule has 0 aromatic heterocycles. The zero-order valence-corrected chi connectivity index (χ0v) is 11.1. The topological polar surface area (TPSA) is 57.0 Å². The number of hydrogen-bond acceptors (Lipinski definition) is 4. The molecular weight excluding hydrogens is 269 g/mol. The molecule has 1 aromatic carbocycles. The Hall–Kier alpha value is -0.901. The Morgan fingerprint density at radius 3 is 2.94 bits per heavy atom. The van der Waals surface area contributed by atoms with Gasteiger partial charge in [0.05, 0.1) is 0 Å². The fourth-order valence-corrected chi connectivity index (χ4v) is 2.49. The van der Waals surface area contributed by atoms with Crippen LogP contribution in [0.3, 0.4) is 0 Å². The number of aliphatic hydroxyl groups excluding tert-OH is 1. The predicted octanol–water partition coefficient (Wildman–Crippen LogP) is 2.46. The standard InChI is InChI=1S/C11H15N3OSe/c1-11(2,7-15)6-12-8-4-3-5-9-10(8)14-16-13-9/h3-5,12,15H,6-7H2,1-2H3. The first-order valence-electron chi connectivity index (χ1n) is 5.18. The maximum atomic E-state index is 9.19. The van der Waals surface area contributed by atoms with E-state index in [0.717, 1.165) is 23.6 Å². The van der Waals surface area contributed by atoms with Gasteiger partial charge in [-0.3, -0.25) is 0 Å². The third kappa shape index (κ3) is 2.43. The number of rotatable bonds is 4. The van der Waals surface area contributed by atoms with Gasteiger partial charge < -0.3 is 0 Å². The van der Waals surface area contributed by atoms with E-state index < -0.39 is 0 Å². The summed E-state index contributed by atoms with van der Waals surface area (Å²) in [7, 11) is 0. The van der Waals surface area contributed by atoms with E-state index in [1.54, 1.807) is 0 Å². The number of nitrogens with zero attached hydrogens (tertiary/aromatic N) is 2. The van der Waals surface area contributed by atoms with Crippen molar-refractivity contribution < 1.29 is 5.11 Å². The second-order valence-electron chi connectivity index (χ2n) is 4.61. The molecule has 0 spiro atoms. The van der Waals surface area contributed by atoms with E-state index in [4.69, 9.17) is 0 Å². The van der Waals surface area contributed by atoms with Crippen LogP contribution >= 0.6 is 0 Å². The average Bonchev–Trinajstić information content (AvgIpc) is 2.75. The van der Waals surface area contributed by atoms with Gasteiger partial charge in [-0.2, -0.15) is 0 Å². The van der Waals surface area contributed by atoms with Crippen LogP contribution in [0.15, 0.2) is 26.1 Å². The van der Waals surface area contributed by atoms with Crippen molar-refractivity contribution in [3.8, 4) is 0 Å². The van der Waals surface area contributed by atoms with Gasteiger partial charge in [0.15, 0.2) is 0 Å². The van der Waals surface area contributed by atoms with Crippen molar-refractivity contribution in [1.82, 2.24) is 0 Å². The monoisotopic (exact) mass is 285 g/mol. The summed E-state index contributed by atoms with van der Waals surface area (Å²) in [4.78, 5) is 0. The van der Waals surface area contributed by atoms with E-state index in [2.05, 4.69) is 13.2 Å². The van der Waals surface area contributed by atoms with Crippen molar-refractivity contribution in [3.05, 3.63) is 18.2 Å². The molecular formula is C11H15N3OSe. The minimum atomic E-state index is -0.121. The third-order valence-corrected chi connectivity index (χ3v) is 3.61. The molecule has 0 radical (unpaired) electrons. The first-order chi connectivity index (χ1) is 7.62. The second kappa shape index (κ2) is 4.53. The Kier molecular flexibility index (Phi) is 3.28. The Balaban J connectivity index is 2.12. The third-order valence-electron chi connectivity index (χ3n) is 2.47. The molecule has 1 aliphatic heterocycles. The molecule has 0 fully saturated rings. The van der Waals surface area contributed by atoms with E-state index in [-0.39, 0.29) is 26.6 Å². The molecule has 16 heavy (non-hydrogen) atoms. The fraction of sp³-hybridized carbons (Fsp3) is 0.455. The molecule has 0 saturated heterocycles. The molecule has 2 N–H and O–H groups in total. The summed E-state index contributed by atoms with van der Waals surface area (Å²) >= 11 is 0.00656. The van der Waals surface area contributed by atoms with Crippen molar-refractivity contribution in [1.29, 1.82) is 0 Å². The van der Waals surface area contributed by atoms with Crippen LogP contribution in [0.25, 0.3) is 0 Å². The molecule has 1 aromatic rings. The number of anilines is 1. The van der Waals surface area contributed by atoms with Gasteiger partial charge in [-0.25, -0.2) is 0 Å². The SMILES string of the molecule is CC(C)(CO)CNc1cccc2c1N=[Se]=N2. The van der Waals surface area contributed by atoms with Crippen LogP contribution in [0.4, 0.5) is 17.1 Å². The van der Waals surface area contributed by atoms with Crippen molar-refractivity contribution in [2.75, 3.05) is 18.5 Å². The number of fused-ring (bicyclic) bond motifs is 1. The van der Waals surface area contributed by atoms with Crippen LogP contribution in [-0.4, -0.2) is 32.8 Å². The van der Waals surface area contributed by atoms with E-state index in [1.807, 2.05) is 32.0 Å². The predicted molar refractivity (Wildman–Crippen MR) is 65.7 cm³/mol. The Morgan fingerprint density at radius 1 is 1.38 bits per heavy atom. The second-order valence-corrected chi connectivity index (χ2v) is 5.72. The van der Waals surface area contributed by atoms with E-state index in [0.29, 0.717) is 0 Å². The molecule has 4 nitrogen and oxygen atoms in total. The summed E-state index contributed by atoms with van der Waals surface area (Å²) in [6, 6.07) is 5.97. The van der Waals surface area contributed by atoms with E-state index >= 15 is 0 Å². The summed E-state index contributed by atoms with van der Waals surface area (Å²) in [6.07, 6.45) is 0. The van der Waals surface area contributed by atoms with Crippen LogP contribution in [0, 0.1) is 5.41 Å². The van der Waals surface area contributed by atoms with Gasteiger partial charge in [-0.1, -0.05) is 0 Å². The number of benzene rings is 1. The van der Waals surface area contributed by atoms with Crippen LogP contribution in [0.1, 0.15) is 13.8 Å².